The number of carbonyl (C=O) groups excluding carboxylic acids is 1. The van der Waals surface area contributed by atoms with E-state index in [2.05, 4.69) is 4.72 Å². The normalized spacial score (nSPS) is 18.1. The molecule has 1 heterocycles. The van der Waals surface area contributed by atoms with Gasteiger partial charge >= 0.3 is 5.97 Å². The van der Waals surface area contributed by atoms with Crippen molar-refractivity contribution in [2.75, 3.05) is 13.6 Å². The van der Waals surface area contributed by atoms with Gasteiger partial charge in [0, 0.05) is 13.0 Å². The topological polar surface area (TPSA) is 104 Å². The summed E-state index contributed by atoms with van der Waals surface area (Å²) in [6.07, 6.45) is 1.86. The number of nitrogens with zero attached hydrogens (tertiary/aromatic N) is 1. The van der Waals surface area contributed by atoms with Gasteiger partial charge in [0.25, 0.3) is 0 Å². The summed E-state index contributed by atoms with van der Waals surface area (Å²) in [4.78, 5) is 24.8. The van der Waals surface area contributed by atoms with Crippen molar-refractivity contribution in [3.63, 3.8) is 0 Å². The van der Waals surface area contributed by atoms with Gasteiger partial charge in [0.15, 0.2) is 0 Å². The predicted octanol–water partition coefficient (Wildman–Crippen LogP) is 0.603. The molecule has 0 aromatic heterocycles. The molecule has 126 valence electrons. The molecule has 2 N–H and O–H groups in total. The highest BCUT2D eigenvalue weighted by molar-refractivity contribution is 7.89. The van der Waals surface area contributed by atoms with Crippen LogP contribution in [0, 0.1) is 0 Å². The van der Waals surface area contributed by atoms with Crippen LogP contribution in [-0.2, 0) is 26.0 Å². The quantitative estimate of drug-likeness (QED) is 0.789. The van der Waals surface area contributed by atoms with E-state index < -0.39 is 22.0 Å². The number of carboxylic acids is 1. The molecule has 8 heteroatoms. The lowest BCUT2D eigenvalue weighted by Gasteiger charge is -2.21. The standard InChI is InChI=1S/C15H20N2O5S/c1-16-23(21,22)12-7-4-11(5-8-12)6-9-14(18)17-10-2-3-13(17)15(19)20/h4-5,7-8,13,16H,2-3,6,9-10H2,1H3,(H,19,20)/t13-/m0/s1. The molecule has 1 aromatic carbocycles. The van der Waals surface area contributed by atoms with Gasteiger partial charge in [0.05, 0.1) is 4.90 Å². The largest absolute Gasteiger partial charge is 0.480 e. The van der Waals surface area contributed by atoms with Gasteiger partial charge in [-0.25, -0.2) is 17.9 Å². The maximum atomic E-state index is 12.2. The van der Waals surface area contributed by atoms with E-state index in [4.69, 9.17) is 5.11 Å². The van der Waals surface area contributed by atoms with E-state index >= 15 is 0 Å². The molecule has 23 heavy (non-hydrogen) atoms. The molecule has 1 amide bonds. The number of hydrogen-bond acceptors (Lipinski definition) is 4. The molecule has 2 rings (SSSR count). The van der Waals surface area contributed by atoms with E-state index in [9.17, 15) is 18.0 Å². The van der Waals surface area contributed by atoms with Crippen molar-refractivity contribution in [3.8, 4) is 0 Å². The van der Waals surface area contributed by atoms with Gasteiger partial charge in [-0.3, -0.25) is 4.79 Å². The monoisotopic (exact) mass is 340 g/mol. The van der Waals surface area contributed by atoms with Crippen LogP contribution in [0.1, 0.15) is 24.8 Å². The van der Waals surface area contributed by atoms with Crippen LogP contribution in [-0.4, -0.2) is 49.9 Å². The molecule has 1 fully saturated rings. The van der Waals surface area contributed by atoms with E-state index in [0.29, 0.717) is 25.8 Å². The molecule has 0 radical (unpaired) electrons. The summed E-state index contributed by atoms with van der Waals surface area (Å²) < 4.78 is 25.5. The third-order valence-corrected chi connectivity index (χ3v) is 5.42. The Kier molecular flexibility index (Phi) is 5.38. The Morgan fingerprint density at radius 2 is 1.96 bits per heavy atom. The van der Waals surface area contributed by atoms with Crippen molar-refractivity contribution in [1.82, 2.24) is 9.62 Å². The highest BCUT2D eigenvalue weighted by atomic mass is 32.2. The third-order valence-electron chi connectivity index (χ3n) is 3.99. The van der Waals surface area contributed by atoms with Crippen LogP contribution in [0.5, 0.6) is 0 Å². The number of hydrogen-bond donors (Lipinski definition) is 2. The number of sulfonamides is 1. The Balaban J connectivity index is 1.96. The Bertz CT molecular complexity index is 684. The van der Waals surface area contributed by atoms with Gasteiger partial charge in [-0.1, -0.05) is 12.1 Å². The Morgan fingerprint density at radius 3 is 2.52 bits per heavy atom. The van der Waals surface area contributed by atoms with Gasteiger partial charge in [-0.2, -0.15) is 0 Å². The first-order valence-corrected chi connectivity index (χ1v) is 8.88. The second-order valence-electron chi connectivity index (χ2n) is 5.43. The average molecular weight is 340 g/mol. The minimum Gasteiger partial charge on any atom is -0.480 e. The summed E-state index contributed by atoms with van der Waals surface area (Å²) in [5, 5.41) is 9.09. The molecule has 0 spiro atoms. The van der Waals surface area contributed by atoms with Crippen LogP contribution < -0.4 is 4.72 Å². The Labute approximate surface area is 135 Å². The van der Waals surface area contributed by atoms with Crippen LogP contribution in [0.2, 0.25) is 0 Å². The van der Waals surface area contributed by atoms with E-state index in [1.165, 1.54) is 24.1 Å². The van der Waals surface area contributed by atoms with E-state index in [1.807, 2.05) is 0 Å². The minimum absolute atomic E-state index is 0.167. The number of benzene rings is 1. The fourth-order valence-electron chi connectivity index (χ4n) is 2.67. The number of nitrogens with one attached hydrogen (secondary N) is 1. The molecule has 1 atom stereocenters. The molecule has 7 nitrogen and oxygen atoms in total. The van der Waals surface area contributed by atoms with Crippen molar-refractivity contribution < 1.29 is 23.1 Å². The first kappa shape index (κ1) is 17.4. The van der Waals surface area contributed by atoms with E-state index in [1.54, 1.807) is 12.1 Å². The number of amides is 1. The smallest absolute Gasteiger partial charge is 0.326 e. The van der Waals surface area contributed by atoms with Crippen molar-refractivity contribution in [2.45, 2.75) is 36.6 Å². The SMILES string of the molecule is CNS(=O)(=O)c1ccc(CCC(=O)N2CCC[C@H]2C(=O)O)cc1. The van der Waals surface area contributed by atoms with Gasteiger partial charge in [-0.05, 0) is 44.0 Å². The van der Waals surface area contributed by atoms with Crippen LogP contribution in [0.4, 0.5) is 0 Å². The molecule has 0 aliphatic carbocycles. The molecule has 1 aliphatic heterocycles. The molecule has 1 aromatic rings. The van der Waals surface area contributed by atoms with Gasteiger partial charge in [-0.15, -0.1) is 0 Å². The highest BCUT2D eigenvalue weighted by Crippen LogP contribution is 2.19. The second kappa shape index (κ2) is 7.10. The highest BCUT2D eigenvalue weighted by Gasteiger charge is 2.33. The second-order valence-corrected chi connectivity index (χ2v) is 7.32. The summed E-state index contributed by atoms with van der Waals surface area (Å²) in [5.74, 6) is -1.14. The summed E-state index contributed by atoms with van der Waals surface area (Å²) in [6, 6.07) is 5.58. The number of aryl methyl sites for hydroxylation is 1. The lowest BCUT2D eigenvalue weighted by molar-refractivity contribution is -0.148. The lowest BCUT2D eigenvalue weighted by atomic mass is 10.1. The molecular weight excluding hydrogens is 320 g/mol. The molecular formula is C15H20N2O5S. The van der Waals surface area contributed by atoms with Gasteiger partial charge in [0.2, 0.25) is 15.9 Å². The van der Waals surface area contributed by atoms with Crippen molar-refractivity contribution in [1.29, 1.82) is 0 Å². The lowest BCUT2D eigenvalue weighted by Crippen LogP contribution is -2.40. The Morgan fingerprint density at radius 1 is 1.30 bits per heavy atom. The maximum absolute atomic E-state index is 12.2. The zero-order valence-corrected chi connectivity index (χ0v) is 13.7. The number of carbonyl (C=O) groups is 2. The van der Waals surface area contributed by atoms with E-state index in [0.717, 1.165) is 5.56 Å². The number of aliphatic carboxylic acids is 1. The molecule has 1 saturated heterocycles. The zero-order chi connectivity index (χ0) is 17.0. The fraction of sp³-hybridized carbons (Fsp3) is 0.467. The Hall–Kier alpha value is -1.93. The van der Waals surface area contributed by atoms with Crippen molar-refractivity contribution in [2.24, 2.45) is 0 Å². The third kappa shape index (κ3) is 4.08. The van der Waals surface area contributed by atoms with Crippen LogP contribution >= 0.6 is 0 Å². The number of carboxylic acid groups (broad SMARTS) is 1. The maximum Gasteiger partial charge on any atom is 0.326 e. The molecule has 1 aliphatic rings. The number of rotatable bonds is 6. The molecule has 0 bridgehead atoms. The van der Waals surface area contributed by atoms with Crippen molar-refractivity contribution in [3.05, 3.63) is 29.8 Å². The van der Waals surface area contributed by atoms with Crippen LogP contribution in [0.15, 0.2) is 29.2 Å². The van der Waals surface area contributed by atoms with E-state index in [-0.39, 0.29) is 17.2 Å². The van der Waals surface area contributed by atoms with Crippen LogP contribution in [0.25, 0.3) is 0 Å². The summed E-state index contributed by atoms with van der Waals surface area (Å²) in [5.41, 5.74) is 0.833. The molecule has 0 saturated carbocycles. The van der Waals surface area contributed by atoms with Gasteiger partial charge in [0.1, 0.15) is 6.04 Å². The fourth-order valence-corrected chi connectivity index (χ4v) is 3.40. The first-order chi connectivity index (χ1) is 10.8. The predicted molar refractivity (Wildman–Crippen MR) is 83.4 cm³/mol. The van der Waals surface area contributed by atoms with Crippen molar-refractivity contribution >= 4 is 21.9 Å². The van der Waals surface area contributed by atoms with Crippen LogP contribution in [0.3, 0.4) is 0 Å². The van der Waals surface area contributed by atoms with Gasteiger partial charge < -0.3 is 10.0 Å². The summed E-state index contributed by atoms with van der Waals surface area (Å²) >= 11 is 0. The zero-order valence-electron chi connectivity index (χ0n) is 12.9. The number of likely N-dealkylation sites (tertiary alicyclic amines) is 1. The first-order valence-electron chi connectivity index (χ1n) is 7.40. The average Bonchev–Trinajstić information content (AvgIpc) is 3.03. The summed E-state index contributed by atoms with van der Waals surface area (Å²) in [6.45, 7) is 0.481. The molecule has 0 unspecified atom stereocenters. The minimum atomic E-state index is -3.47. The summed E-state index contributed by atoms with van der Waals surface area (Å²) in [7, 11) is -2.12.